The number of anilines is 5. The van der Waals surface area contributed by atoms with Crippen LogP contribution >= 0.6 is 0 Å². The van der Waals surface area contributed by atoms with Crippen molar-refractivity contribution in [3.63, 3.8) is 0 Å². The number of amides is 1. The van der Waals surface area contributed by atoms with Crippen LogP contribution in [0.5, 0.6) is 0 Å². The molecule has 45 heavy (non-hydrogen) atoms. The number of pyridine rings is 2. The summed E-state index contributed by atoms with van der Waals surface area (Å²) >= 11 is 0. The second kappa shape index (κ2) is 14.0. The summed E-state index contributed by atoms with van der Waals surface area (Å²) in [6.07, 6.45) is 6.69. The van der Waals surface area contributed by atoms with Crippen molar-refractivity contribution in [2.45, 2.75) is 64.5 Å². The minimum atomic E-state index is -0.170. The van der Waals surface area contributed by atoms with Crippen molar-refractivity contribution in [2.75, 3.05) is 34.8 Å². The first-order chi connectivity index (χ1) is 21.6. The molecule has 1 aliphatic heterocycles. The molecule has 9 heteroatoms. The van der Waals surface area contributed by atoms with Gasteiger partial charge in [-0.15, -0.1) is 0 Å². The smallest absolute Gasteiger partial charge is 0.223 e. The number of nitrogens with two attached hydrogens (primary N) is 3. The largest absolute Gasteiger partial charge is 0.396 e. The molecular formula is C36H46N8O. The van der Waals surface area contributed by atoms with Crippen molar-refractivity contribution in [2.24, 2.45) is 11.7 Å². The quantitative estimate of drug-likeness (QED) is 0.169. The van der Waals surface area contributed by atoms with Gasteiger partial charge in [0.25, 0.3) is 0 Å². The van der Waals surface area contributed by atoms with Gasteiger partial charge in [0.2, 0.25) is 5.91 Å². The Kier molecular flexibility index (Phi) is 9.88. The Hall–Kier alpha value is -4.63. The van der Waals surface area contributed by atoms with Gasteiger partial charge < -0.3 is 32.7 Å². The molecule has 2 aromatic carbocycles. The van der Waals surface area contributed by atoms with Crippen LogP contribution in [0.25, 0.3) is 11.3 Å². The highest BCUT2D eigenvalue weighted by molar-refractivity contribution is 5.79. The second-order valence-corrected chi connectivity index (χ2v) is 12.5. The number of aryl methyl sites for hydroxylation is 1. The van der Waals surface area contributed by atoms with Crippen molar-refractivity contribution >= 4 is 34.6 Å². The molecule has 1 aliphatic carbocycles. The highest BCUT2D eigenvalue weighted by atomic mass is 16.1. The van der Waals surface area contributed by atoms with Gasteiger partial charge in [0.1, 0.15) is 5.82 Å². The van der Waals surface area contributed by atoms with E-state index in [1.807, 2.05) is 57.2 Å². The van der Waals surface area contributed by atoms with Crippen molar-refractivity contribution in [1.29, 1.82) is 0 Å². The van der Waals surface area contributed by atoms with Gasteiger partial charge in [-0.05, 0) is 106 Å². The lowest BCUT2D eigenvalue weighted by atomic mass is 9.73. The first-order valence-corrected chi connectivity index (χ1v) is 15.9. The molecule has 1 saturated carbocycles. The summed E-state index contributed by atoms with van der Waals surface area (Å²) in [7, 11) is 0. The minimum Gasteiger partial charge on any atom is -0.396 e. The average Bonchev–Trinajstić information content (AvgIpc) is 3.03. The van der Waals surface area contributed by atoms with Crippen LogP contribution in [0.3, 0.4) is 0 Å². The van der Waals surface area contributed by atoms with E-state index in [9.17, 15) is 4.79 Å². The average molecular weight is 607 g/mol. The highest BCUT2D eigenvalue weighted by Crippen LogP contribution is 2.39. The molecule has 6 rings (SSSR count). The molecule has 0 spiro atoms. The molecule has 0 bridgehead atoms. The van der Waals surface area contributed by atoms with Crippen LogP contribution in [-0.4, -0.2) is 35.0 Å². The van der Waals surface area contributed by atoms with E-state index in [0.29, 0.717) is 17.3 Å². The molecule has 2 fully saturated rings. The third-order valence-corrected chi connectivity index (χ3v) is 8.75. The number of nitrogen functional groups attached to an aromatic ring is 2. The van der Waals surface area contributed by atoms with Crippen LogP contribution in [0.2, 0.25) is 0 Å². The Morgan fingerprint density at radius 3 is 2.31 bits per heavy atom. The van der Waals surface area contributed by atoms with Gasteiger partial charge in [-0.25, -0.2) is 9.97 Å². The number of carbonyl (C=O) groups excluding carboxylic acids is 1. The van der Waals surface area contributed by atoms with Crippen LogP contribution in [0.4, 0.5) is 28.7 Å². The number of nitrogens with one attached hydrogen (secondary N) is 2. The van der Waals surface area contributed by atoms with E-state index in [2.05, 4.69) is 56.9 Å². The zero-order valence-electron chi connectivity index (χ0n) is 26.6. The maximum absolute atomic E-state index is 12.4. The molecule has 0 unspecified atom stereocenters. The molecule has 0 atom stereocenters. The lowest BCUT2D eigenvalue weighted by Crippen LogP contribution is -2.43. The molecule has 1 saturated heterocycles. The Bertz CT molecular complexity index is 1570. The molecule has 0 radical (unpaired) electrons. The molecule has 1 amide bonds. The number of hydrogen-bond acceptors (Lipinski definition) is 8. The predicted molar refractivity (Wildman–Crippen MR) is 185 cm³/mol. The lowest BCUT2D eigenvalue weighted by molar-refractivity contribution is -0.126. The molecule has 2 aliphatic rings. The van der Waals surface area contributed by atoms with Gasteiger partial charge in [-0.2, -0.15) is 0 Å². The topological polar surface area (TPSA) is 148 Å². The number of nitrogens with zero attached hydrogens (tertiary/aromatic N) is 3. The first-order valence-electron chi connectivity index (χ1n) is 15.9. The summed E-state index contributed by atoms with van der Waals surface area (Å²) in [5.74, 6) is 1.52. The number of aromatic nitrogens is 2. The van der Waals surface area contributed by atoms with E-state index in [4.69, 9.17) is 22.2 Å². The van der Waals surface area contributed by atoms with Crippen LogP contribution in [0.1, 0.15) is 57.1 Å². The minimum absolute atomic E-state index is 0.0902. The number of carbonyl (C=O) groups is 1. The van der Waals surface area contributed by atoms with Gasteiger partial charge >= 0.3 is 0 Å². The summed E-state index contributed by atoms with van der Waals surface area (Å²) in [5.41, 5.74) is 24.8. The Balaban J connectivity index is 0.000000436. The predicted octanol–water partition coefficient (Wildman–Crippen LogP) is 6.13. The van der Waals surface area contributed by atoms with Gasteiger partial charge in [-0.3, -0.25) is 4.79 Å². The fourth-order valence-corrected chi connectivity index (χ4v) is 5.76. The van der Waals surface area contributed by atoms with E-state index in [1.165, 1.54) is 12.0 Å². The fraction of sp³-hybridized carbons (Fsp3) is 0.361. The summed E-state index contributed by atoms with van der Waals surface area (Å²) < 4.78 is 0. The first kappa shape index (κ1) is 31.8. The van der Waals surface area contributed by atoms with E-state index >= 15 is 0 Å². The second-order valence-electron chi connectivity index (χ2n) is 12.5. The molecular weight excluding hydrogens is 560 g/mol. The number of benzene rings is 2. The van der Waals surface area contributed by atoms with Gasteiger partial charge in [0, 0.05) is 53.7 Å². The van der Waals surface area contributed by atoms with Crippen molar-refractivity contribution in [1.82, 2.24) is 15.3 Å². The standard InChI is InChI=1S/C30H38N6O.C6H8N2/c1-20(2)33-29(37)21-13-17-36(18-14-21)25-6-3-5-22(19-25)27-12-11-26(31)28(35-27)34-24-9-7-23(8-10-24)30(32)15-4-16-30;1-5-3-2-4-8-6(5)7/h3,5-12,19-21H,4,13-18,31-32H2,1-2H3,(H,33,37)(H,34,35);2-4H,1H3,(H2,7,8). The molecule has 236 valence electrons. The van der Waals surface area contributed by atoms with Gasteiger partial charge in [0.05, 0.1) is 11.4 Å². The van der Waals surface area contributed by atoms with Crippen molar-refractivity contribution < 1.29 is 4.79 Å². The maximum Gasteiger partial charge on any atom is 0.223 e. The number of hydrogen-bond donors (Lipinski definition) is 5. The third-order valence-electron chi connectivity index (χ3n) is 8.75. The van der Waals surface area contributed by atoms with Crippen LogP contribution in [-0.2, 0) is 10.3 Å². The lowest BCUT2D eigenvalue weighted by Gasteiger charge is -2.38. The van der Waals surface area contributed by atoms with Crippen LogP contribution < -0.4 is 32.7 Å². The van der Waals surface area contributed by atoms with E-state index in [0.717, 1.165) is 67.0 Å². The monoisotopic (exact) mass is 606 g/mol. The Morgan fingerprint density at radius 1 is 0.978 bits per heavy atom. The molecule has 4 aromatic rings. The van der Waals surface area contributed by atoms with Crippen molar-refractivity contribution in [3.05, 3.63) is 90.1 Å². The van der Waals surface area contributed by atoms with Crippen molar-refractivity contribution in [3.8, 4) is 11.3 Å². The van der Waals surface area contributed by atoms with E-state index in [-0.39, 0.29) is 23.4 Å². The molecule has 2 aromatic heterocycles. The molecule has 3 heterocycles. The van der Waals surface area contributed by atoms with Crippen LogP contribution in [0.15, 0.2) is 79.0 Å². The number of rotatable bonds is 7. The maximum atomic E-state index is 12.4. The SMILES string of the molecule is CC(C)NC(=O)C1CCN(c2cccc(-c3ccc(N)c(Nc4ccc(C5(N)CCC5)cc4)n3)c2)CC1.Cc1cccnc1N. The summed E-state index contributed by atoms with van der Waals surface area (Å²) in [4.78, 5) is 23.5. The van der Waals surface area contributed by atoms with Gasteiger partial charge in [0.15, 0.2) is 5.82 Å². The van der Waals surface area contributed by atoms with Gasteiger partial charge in [-0.1, -0.05) is 30.3 Å². The summed E-state index contributed by atoms with van der Waals surface area (Å²) in [5, 5.41) is 6.43. The Labute approximate surface area is 266 Å². The normalized spacial score (nSPS) is 15.9. The van der Waals surface area contributed by atoms with E-state index in [1.54, 1.807) is 6.20 Å². The zero-order valence-corrected chi connectivity index (χ0v) is 26.6. The Morgan fingerprint density at radius 2 is 1.71 bits per heavy atom. The zero-order chi connectivity index (χ0) is 32.0. The summed E-state index contributed by atoms with van der Waals surface area (Å²) in [6.45, 7) is 7.67. The number of piperidine rings is 1. The molecule has 8 N–H and O–H groups in total. The van der Waals surface area contributed by atoms with E-state index < -0.39 is 0 Å². The highest BCUT2D eigenvalue weighted by Gasteiger charge is 2.34. The summed E-state index contributed by atoms with van der Waals surface area (Å²) in [6, 6.07) is 24.6. The fourth-order valence-electron chi connectivity index (χ4n) is 5.76. The molecule has 9 nitrogen and oxygen atoms in total. The van der Waals surface area contributed by atoms with Crippen LogP contribution in [0, 0.1) is 12.8 Å². The third kappa shape index (κ3) is 7.91.